The van der Waals surface area contributed by atoms with Gasteiger partial charge in [-0.1, -0.05) is 35.4 Å². The molecule has 0 aliphatic heterocycles. The summed E-state index contributed by atoms with van der Waals surface area (Å²) in [6.45, 7) is 1.35. The van der Waals surface area contributed by atoms with Crippen molar-refractivity contribution in [2.24, 2.45) is 0 Å². The Labute approximate surface area is 206 Å². The zero-order valence-corrected chi connectivity index (χ0v) is 19.4. The SMILES string of the molecule is CC(=O)Nc1nnc(C(CCc2ccccc2)NC(=O)c2ccc3nc(-c4ccncc4)[nH]c3c2)o1. The molecule has 180 valence electrons. The van der Waals surface area contributed by atoms with Crippen LogP contribution in [0.25, 0.3) is 22.4 Å². The van der Waals surface area contributed by atoms with Gasteiger partial charge in [0.05, 0.1) is 11.0 Å². The van der Waals surface area contributed by atoms with Gasteiger partial charge in [0.15, 0.2) is 0 Å². The predicted molar refractivity (Wildman–Crippen MR) is 133 cm³/mol. The third-order valence-corrected chi connectivity index (χ3v) is 5.59. The maximum absolute atomic E-state index is 13.2. The van der Waals surface area contributed by atoms with Crippen LogP contribution in [-0.2, 0) is 11.2 Å². The Morgan fingerprint density at radius 2 is 1.83 bits per heavy atom. The van der Waals surface area contributed by atoms with Crippen molar-refractivity contribution in [2.45, 2.75) is 25.8 Å². The number of H-pyrrole nitrogens is 1. The summed E-state index contributed by atoms with van der Waals surface area (Å²) in [5.41, 5.74) is 3.95. The molecular weight excluding hydrogens is 458 g/mol. The second kappa shape index (κ2) is 10.2. The van der Waals surface area contributed by atoms with E-state index in [4.69, 9.17) is 4.42 Å². The van der Waals surface area contributed by atoms with Crippen LogP contribution >= 0.6 is 0 Å². The number of fused-ring (bicyclic) bond motifs is 1. The van der Waals surface area contributed by atoms with Crippen molar-refractivity contribution in [1.82, 2.24) is 30.5 Å². The number of benzene rings is 2. The molecule has 1 unspecified atom stereocenters. The molecule has 3 N–H and O–H groups in total. The van der Waals surface area contributed by atoms with E-state index in [-0.39, 0.29) is 23.7 Å². The number of amides is 2. The third-order valence-electron chi connectivity index (χ3n) is 5.59. The highest BCUT2D eigenvalue weighted by Crippen LogP contribution is 2.23. The molecule has 0 saturated carbocycles. The number of hydrogen-bond donors (Lipinski definition) is 3. The molecule has 0 aliphatic carbocycles. The van der Waals surface area contributed by atoms with Crippen molar-refractivity contribution in [2.75, 3.05) is 5.32 Å². The van der Waals surface area contributed by atoms with E-state index in [0.717, 1.165) is 22.2 Å². The first-order valence-corrected chi connectivity index (χ1v) is 11.4. The van der Waals surface area contributed by atoms with Gasteiger partial charge in [0.2, 0.25) is 11.8 Å². The minimum absolute atomic E-state index is 0.0148. The average molecular weight is 482 g/mol. The lowest BCUT2D eigenvalue weighted by molar-refractivity contribution is -0.114. The van der Waals surface area contributed by atoms with Gasteiger partial charge in [-0.25, -0.2) is 4.98 Å². The van der Waals surface area contributed by atoms with E-state index in [1.165, 1.54) is 6.92 Å². The quantitative estimate of drug-likeness (QED) is 0.304. The smallest absolute Gasteiger partial charge is 0.322 e. The number of nitrogens with one attached hydrogen (secondary N) is 3. The maximum Gasteiger partial charge on any atom is 0.322 e. The number of anilines is 1. The fraction of sp³-hybridized carbons (Fsp3) is 0.154. The van der Waals surface area contributed by atoms with Gasteiger partial charge >= 0.3 is 6.01 Å². The molecule has 36 heavy (non-hydrogen) atoms. The van der Waals surface area contributed by atoms with E-state index >= 15 is 0 Å². The van der Waals surface area contributed by atoms with E-state index in [2.05, 4.69) is 35.8 Å². The molecule has 3 aromatic heterocycles. The van der Waals surface area contributed by atoms with Gasteiger partial charge in [-0.2, -0.15) is 0 Å². The van der Waals surface area contributed by atoms with E-state index in [1.807, 2.05) is 42.5 Å². The molecule has 5 aromatic rings. The van der Waals surface area contributed by atoms with Crippen molar-refractivity contribution in [1.29, 1.82) is 0 Å². The second-order valence-corrected chi connectivity index (χ2v) is 8.23. The molecule has 3 heterocycles. The minimum Gasteiger partial charge on any atom is -0.406 e. The van der Waals surface area contributed by atoms with Crippen LogP contribution in [0.2, 0.25) is 0 Å². The molecule has 0 aliphatic rings. The Balaban J connectivity index is 1.37. The van der Waals surface area contributed by atoms with Crippen LogP contribution in [0.5, 0.6) is 0 Å². The summed E-state index contributed by atoms with van der Waals surface area (Å²) >= 11 is 0. The summed E-state index contributed by atoms with van der Waals surface area (Å²) in [7, 11) is 0. The van der Waals surface area contributed by atoms with Gasteiger partial charge in [-0.15, -0.1) is 5.10 Å². The summed E-state index contributed by atoms with van der Waals surface area (Å²) < 4.78 is 5.61. The van der Waals surface area contributed by atoms with Crippen molar-refractivity contribution in [3.8, 4) is 11.4 Å². The Bertz CT molecular complexity index is 1500. The first-order valence-electron chi connectivity index (χ1n) is 11.4. The zero-order valence-electron chi connectivity index (χ0n) is 19.4. The Morgan fingerprint density at radius 1 is 1.03 bits per heavy atom. The Kier molecular flexibility index (Phi) is 6.48. The molecule has 0 saturated heterocycles. The largest absolute Gasteiger partial charge is 0.406 e. The van der Waals surface area contributed by atoms with E-state index < -0.39 is 6.04 Å². The lowest BCUT2D eigenvalue weighted by Gasteiger charge is -2.15. The normalized spacial score (nSPS) is 11.8. The molecular formula is C26H23N7O3. The highest BCUT2D eigenvalue weighted by Gasteiger charge is 2.22. The molecule has 0 fully saturated rings. The van der Waals surface area contributed by atoms with E-state index in [1.54, 1.807) is 30.6 Å². The molecule has 1 atom stereocenters. The number of aromatic amines is 1. The monoisotopic (exact) mass is 481 g/mol. The molecule has 0 bridgehead atoms. The van der Waals surface area contributed by atoms with Crippen LogP contribution in [-0.4, -0.2) is 37.0 Å². The molecule has 0 radical (unpaired) electrons. The summed E-state index contributed by atoms with van der Waals surface area (Å²) in [6, 6.07) is 18.3. The van der Waals surface area contributed by atoms with Crippen molar-refractivity contribution < 1.29 is 14.0 Å². The highest BCUT2D eigenvalue weighted by molar-refractivity contribution is 5.97. The molecule has 2 aromatic carbocycles. The molecule has 2 amide bonds. The van der Waals surface area contributed by atoms with Gasteiger partial charge < -0.3 is 14.7 Å². The van der Waals surface area contributed by atoms with Crippen LogP contribution in [0.4, 0.5) is 6.01 Å². The number of nitrogens with zero attached hydrogens (tertiary/aromatic N) is 4. The van der Waals surface area contributed by atoms with Gasteiger partial charge in [0.1, 0.15) is 11.9 Å². The zero-order chi connectivity index (χ0) is 24.9. The van der Waals surface area contributed by atoms with Crippen molar-refractivity contribution >= 4 is 28.9 Å². The summed E-state index contributed by atoms with van der Waals surface area (Å²) in [6.07, 6.45) is 4.60. The topological polar surface area (TPSA) is 139 Å². The number of rotatable bonds is 8. The van der Waals surface area contributed by atoms with Crippen LogP contribution in [0, 0.1) is 0 Å². The van der Waals surface area contributed by atoms with Gasteiger partial charge in [0.25, 0.3) is 5.91 Å². The van der Waals surface area contributed by atoms with Crippen molar-refractivity contribution in [3.05, 3.63) is 90.1 Å². The molecule has 5 rings (SSSR count). The van der Waals surface area contributed by atoms with Crippen LogP contribution in [0.15, 0.2) is 77.5 Å². The maximum atomic E-state index is 13.2. The van der Waals surface area contributed by atoms with Gasteiger partial charge in [-0.05, 0) is 48.7 Å². The Hall–Kier alpha value is -4.86. The number of aromatic nitrogens is 5. The number of pyridine rings is 1. The van der Waals surface area contributed by atoms with Gasteiger partial charge in [-0.3, -0.25) is 19.9 Å². The molecule has 0 spiro atoms. The summed E-state index contributed by atoms with van der Waals surface area (Å²) in [5, 5.41) is 13.4. The summed E-state index contributed by atoms with van der Waals surface area (Å²) in [5.74, 6) is 0.288. The molecule has 10 nitrogen and oxygen atoms in total. The molecule has 10 heteroatoms. The number of aryl methyl sites for hydroxylation is 1. The van der Waals surface area contributed by atoms with E-state index in [9.17, 15) is 9.59 Å². The fourth-order valence-corrected chi connectivity index (χ4v) is 3.83. The third kappa shape index (κ3) is 5.27. The van der Waals surface area contributed by atoms with Crippen LogP contribution in [0.1, 0.15) is 41.2 Å². The number of carbonyl (C=O) groups excluding carboxylic acids is 2. The highest BCUT2D eigenvalue weighted by atomic mass is 16.4. The number of carbonyl (C=O) groups is 2. The van der Waals surface area contributed by atoms with Crippen molar-refractivity contribution in [3.63, 3.8) is 0 Å². The first-order chi connectivity index (χ1) is 17.5. The first kappa shape index (κ1) is 22.9. The van der Waals surface area contributed by atoms with Gasteiger partial charge in [0, 0.05) is 30.4 Å². The second-order valence-electron chi connectivity index (χ2n) is 8.23. The lowest BCUT2D eigenvalue weighted by atomic mass is 10.0. The lowest BCUT2D eigenvalue weighted by Crippen LogP contribution is -2.29. The number of imidazole rings is 1. The standard InChI is InChI=1S/C26H23N7O3/c1-16(34)28-26-33-32-25(36-26)21(9-7-17-5-3-2-4-6-17)31-24(35)19-8-10-20-22(15-19)30-23(29-20)18-11-13-27-14-12-18/h2-6,8,10-15,21H,7,9H2,1H3,(H,29,30)(H,31,35)(H,28,33,34). The minimum atomic E-state index is -0.558. The van der Waals surface area contributed by atoms with Crippen LogP contribution < -0.4 is 10.6 Å². The van der Waals surface area contributed by atoms with Crippen LogP contribution in [0.3, 0.4) is 0 Å². The summed E-state index contributed by atoms with van der Waals surface area (Å²) in [4.78, 5) is 36.5. The Morgan fingerprint density at radius 3 is 2.61 bits per heavy atom. The fourth-order valence-electron chi connectivity index (χ4n) is 3.83. The predicted octanol–water partition coefficient (Wildman–Crippen LogP) is 4.07. The van der Waals surface area contributed by atoms with E-state index in [0.29, 0.717) is 24.2 Å². The average Bonchev–Trinajstić information content (AvgIpc) is 3.54. The number of hydrogen-bond acceptors (Lipinski definition) is 7.